The topological polar surface area (TPSA) is 126 Å². The zero-order valence-corrected chi connectivity index (χ0v) is 18.2. The first kappa shape index (κ1) is 21.7. The number of anilines is 2. The number of hydrogen-bond donors (Lipinski definition) is 2. The lowest BCUT2D eigenvalue weighted by atomic mass is 9.97. The van der Waals surface area contributed by atoms with Gasteiger partial charge in [-0.1, -0.05) is 0 Å². The summed E-state index contributed by atoms with van der Waals surface area (Å²) in [5, 5.41) is 4.71. The number of carbonyl (C=O) groups is 1. The van der Waals surface area contributed by atoms with Gasteiger partial charge in [0.25, 0.3) is 10.0 Å². The molecule has 1 aromatic carbocycles. The van der Waals surface area contributed by atoms with Crippen LogP contribution in [-0.2, 0) is 24.8 Å². The number of thiazole rings is 1. The van der Waals surface area contributed by atoms with Crippen LogP contribution in [0.2, 0.25) is 0 Å². The molecule has 1 amide bonds. The van der Waals surface area contributed by atoms with Gasteiger partial charge in [-0.2, -0.15) is 0 Å². The molecule has 2 heterocycles. The van der Waals surface area contributed by atoms with E-state index in [0.717, 1.165) is 0 Å². The van der Waals surface area contributed by atoms with E-state index in [4.69, 9.17) is 0 Å². The van der Waals surface area contributed by atoms with Crippen LogP contribution in [0, 0.1) is 5.92 Å². The molecule has 2 aromatic rings. The Labute approximate surface area is 174 Å². The number of nitrogens with zero attached hydrogens (tertiary/aromatic N) is 2. The highest BCUT2D eigenvalue weighted by atomic mass is 32.2. The van der Waals surface area contributed by atoms with Gasteiger partial charge in [0.1, 0.15) is 0 Å². The van der Waals surface area contributed by atoms with Crippen LogP contribution >= 0.6 is 11.3 Å². The van der Waals surface area contributed by atoms with Crippen molar-refractivity contribution in [3.63, 3.8) is 0 Å². The molecule has 0 atom stereocenters. The molecule has 1 aliphatic rings. The van der Waals surface area contributed by atoms with Crippen LogP contribution in [-0.4, -0.2) is 50.9 Å². The first-order chi connectivity index (χ1) is 13.7. The number of piperidine rings is 1. The zero-order chi connectivity index (χ0) is 21.1. The van der Waals surface area contributed by atoms with Crippen molar-refractivity contribution in [3.8, 4) is 0 Å². The van der Waals surface area contributed by atoms with Gasteiger partial charge in [0.2, 0.25) is 15.9 Å². The van der Waals surface area contributed by atoms with Crippen molar-refractivity contribution < 1.29 is 21.6 Å². The molecule has 0 bridgehead atoms. The summed E-state index contributed by atoms with van der Waals surface area (Å²) in [6.45, 7) is 2.26. The maximum Gasteiger partial charge on any atom is 0.263 e. The number of rotatable bonds is 7. The van der Waals surface area contributed by atoms with Gasteiger partial charge in [-0.15, -0.1) is 11.3 Å². The molecule has 1 aliphatic heterocycles. The standard InChI is InChI=1S/C17H22N4O5S3/c1-2-28(23,24)21-10-7-13(8-11-21)16(22)19-14-3-5-15(6-4-14)29(25,26)20-17-18-9-12-27-17/h3-6,9,12-13H,2,7-8,10-11H2,1H3,(H,18,20)(H,19,22). The minimum absolute atomic E-state index is 0.0521. The molecule has 158 valence electrons. The average Bonchev–Trinajstić information content (AvgIpc) is 3.21. The summed E-state index contributed by atoms with van der Waals surface area (Å²) >= 11 is 1.18. The predicted molar refractivity (Wildman–Crippen MR) is 112 cm³/mol. The lowest BCUT2D eigenvalue weighted by Gasteiger charge is -2.30. The molecule has 3 rings (SSSR count). The monoisotopic (exact) mass is 458 g/mol. The van der Waals surface area contributed by atoms with Crippen molar-refractivity contribution in [3.05, 3.63) is 35.8 Å². The summed E-state index contributed by atoms with van der Waals surface area (Å²) in [5.41, 5.74) is 0.479. The van der Waals surface area contributed by atoms with Gasteiger partial charge in [0.15, 0.2) is 5.13 Å². The van der Waals surface area contributed by atoms with Crippen LogP contribution < -0.4 is 10.0 Å². The molecule has 1 aromatic heterocycles. The van der Waals surface area contributed by atoms with Crippen LogP contribution in [0.5, 0.6) is 0 Å². The molecular weight excluding hydrogens is 436 g/mol. The van der Waals surface area contributed by atoms with Crippen molar-refractivity contribution in [1.29, 1.82) is 0 Å². The maximum atomic E-state index is 12.5. The quantitative estimate of drug-likeness (QED) is 0.653. The van der Waals surface area contributed by atoms with Crippen LogP contribution in [0.3, 0.4) is 0 Å². The fourth-order valence-corrected chi connectivity index (χ4v) is 5.91. The van der Waals surface area contributed by atoms with Crippen LogP contribution in [0.1, 0.15) is 19.8 Å². The Morgan fingerprint density at radius 2 is 1.83 bits per heavy atom. The van der Waals surface area contributed by atoms with Gasteiger partial charge >= 0.3 is 0 Å². The van der Waals surface area contributed by atoms with Crippen LogP contribution in [0.15, 0.2) is 40.7 Å². The molecule has 1 saturated heterocycles. The number of carbonyl (C=O) groups excluding carboxylic acids is 1. The second kappa shape index (κ2) is 8.78. The number of aromatic nitrogens is 1. The molecule has 0 radical (unpaired) electrons. The number of nitrogens with one attached hydrogen (secondary N) is 2. The first-order valence-corrected chi connectivity index (χ1v) is 13.0. The van der Waals surface area contributed by atoms with Gasteiger partial charge in [-0.25, -0.2) is 26.1 Å². The minimum Gasteiger partial charge on any atom is -0.326 e. The van der Waals surface area contributed by atoms with Crippen molar-refractivity contribution >= 4 is 48.1 Å². The molecule has 29 heavy (non-hydrogen) atoms. The summed E-state index contributed by atoms with van der Waals surface area (Å²) in [4.78, 5) is 16.4. The van der Waals surface area contributed by atoms with Crippen molar-refractivity contribution in [2.75, 3.05) is 28.9 Å². The van der Waals surface area contributed by atoms with Gasteiger partial charge < -0.3 is 5.32 Å². The number of hydrogen-bond acceptors (Lipinski definition) is 7. The number of benzene rings is 1. The third-order valence-corrected chi connectivity index (χ3v) is 8.72. The summed E-state index contributed by atoms with van der Waals surface area (Å²) < 4.78 is 52.3. The minimum atomic E-state index is -3.75. The Hall–Kier alpha value is -2.02. The maximum absolute atomic E-state index is 12.5. The van der Waals surface area contributed by atoms with E-state index in [1.165, 1.54) is 46.1 Å². The summed E-state index contributed by atoms with van der Waals surface area (Å²) in [6, 6.07) is 5.85. The molecule has 0 aliphatic carbocycles. The van der Waals surface area contributed by atoms with E-state index in [2.05, 4.69) is 15.0 Å². The normalized spacial score (nSPS) is 16.4. The largest absolute Gasteiger partial charge is 0.326 e. The van der Waals surface area contributed by atoms with Gasteiger partial charge in [-0.05, 0) is 44.0 Å². The van der Waals surface area contributed by atoms with E-state index in [1.807, 2.05) is 0 Å². The highest BCUT2D eigenvalue weighted by molar-refractivity contribution is 7.93. The zero-order valence-electron chi connectivity index (χ0n) is 15.7. The van der Waals surface area contributed by atoms with Gasteiger partial charge in [0, 0.05) is 36.3 Å². The molecule has 9 nitrogen and oxygen atoms in total. The predicted octanol–water partition coefficient (Wildman–Crippen LogP) is 1.94. The van der Waals surface area contributed by atoms with Gasteiger partial charge in [0.05, 0.1) is 10.6 Å². The van der Waals surface area contributed by atoms with Crippen molar-refractivity contribution in [2.24, 2.45) is 5.92 Å². The van der Waals surface area contributed by atoms with E-state index in [9.17, 15) is 21.6 Å². The highest BCUT2D eigenvalue weighted by Crippen LogP contribution is 2.23. The fraction of sp³-hybridized carbons (Fsp3) is 0.412. The molecular formula is C17H22N4O5S3. The summed E-state index contributed by atoms with van der Waals surface area (Å²) in [5.74, 6) is -0.431. The van der Waals surface area contributed by atoms with Crippen molar-refractivity contribution in [2.45, 2.75) is 24.7 Å². The Morgan fingerprint density at radius 3 is 2.38 bits per heavy atom. The molecule has 0 saturated carbocycles. The summed E-state index contributed by atoms with van der Waals surface area (Å²) in [6.07, 6.45) is 2.41. The van der Waals surface area contributed by atoms with Crippen molar-refractivity contribution in [1.82, 2.24) is 9.29 Å². The van der Waals surface area contributed by atoms with E-state index >= 15 is 0 Å². The Morgan fingerprint density at radius 1 is 1.17 bits per heavy atom. The molecule has 12 heteroatoms. The molecule has 1 fully saturated rings. The Bertz CT molecular complexity index is 1040. The third kappa shape index (κ3) is 5.32. The number of amides is 1. The fourth-order valence-electron chi connectivity index (χ4n) is 2.99. The Kier molecular flexibility index (Phi) is 6.56. The van der Waals surface area contributed by atoms with E-state index < -0.39 is 20.0 Å². The van der Waals surface area contributed by atoms with Crippen LogP contribution in [0.25, 0.3) is 0 Å². The van der Waals surface area contributed by atoms with E-state index in [0.29, 0.717) is 31.6 Å². The first-order valence-electron chi connectivity index (χ1n) is 9.02. The third-order valence-electron chi connectivity index (χ3n) is 4.67. The highest BCUT2D eigenvalue weighted by Gasteiger charge is 2.30. The van der Waals surface area contributed by atoms with Gasteiger partial charge in [-0.3, -0.25) is 9.52 Å². The lowest BCUT2D eigenvalue weighted by Crippen LogP contribution is -2.42. The second-order valence-electron chi connectivity index (χ2n) is 6.53. The second-order valence-corrected chi connectivity index (χ2v) is 11.4. The summed E-state index contributed by atoms with van der Waals surface area (Å²) in [7, 11) is -6.98. The smallest absolute Gasteiger partial charge is 0.263 e. The molecule has 0 unspecified atom stereocenters. The average molecular weight is 459 g/mol. The van der Waals surface area contributed by atoms with Crippen LogP contribution in [0.4, 0.5) is 10.8 Å². The van der Waals surface area contributed by atoms with E-state index in [-0.39, 0.29) is 27.6 Å². The number of sulfonamides is 2. The Balaban J connectivity index is 1.58. The lowest BCUT2D eigenvalue weighted by molar-refractivity contribution is -0.120. The molecule has 0 spiro atoms. The van der Waals surface area contributed by atoms with E-state index in [1.54, 1.807) is 12.3 Å². The molecule has 2 N–H and O–H groups in total. The SMILES string of the molecule is CCS(=O)(=O)N1CCC(C(=O)Nc2ccc(S(=O)(=O)Nc3nccs3)cc2)CC1.